The fourth-order valence-corrected chi connectivity index (χ4v) is 3.11. The molecule has 1 N–H and O–H groups in total. The van der Waals surface area contributed by atoms with E-state index in [1.165, 1.54) is 5.56 Å². The van der Waals surface area contributed by atoms with Gasteiger partial charge in [0.25, 0.3) is 11.8 Å². The lowest BCUT2D eigenvalue weighted by Gasteiger charge is -2.11. The van der Waals surface area contributed by atoms with Crippen LogP contribution in [0.25, 0.3) is 22.8 Å². The van der Waals surface area contributed by atoms with Gasteiger partial charge >= 0.3 is 0 Å². The van der Waals surface area contributed by atoms with Crippen LogP contribution in [-0.4, -0.2) is 29.8 Å². The van der Waals surface area contributed by atoms with Gasteiger partial charge in [-0.15, -0.1) is 0 Å². The molecule has 7 heteroatoms. The standard InChI is InChI=1S/C25H23N3O4/c1-16-4-7-18(8-5-16)24-27-25(32-28-24)19-9-11-20(12-10-19)31-15-23(29)26-21-14-17(2)6-13-22(21)30-3/h4-14H,15H2,1-3H3,(H,26,29). The number of amides is 1. The van der Waals surface area contributed by atoms with Gasteiger partial charge in [0.05, 0.1) is 12.8 Å². The lowest BCUT2D eigenvalue weighted by molar-refractivity contribution is -0.118. The predicted molar refractivity (Wildman–Crippen MR) is 122 cm³/mol. The maximum absolute atomic E-state index is 12.3. The molecule has 1 aromatic heterocycles. The van der Waals surface area contributed by atoms with Crippen molar-refractivity contribution in [3.8, 4) is 34.3 Å². The third kappa shape index (κ3) is 4.95. The zero-order valence-electron chi connectivity index (χ0n) is 18.1. The average molecular weight is 429 g/mol. The Balaban J connectivity index is 1.37. The van der Waals surface area contributed by atoms with Crippen LogP contribution in [0.4, 0.5) is 5.69 Å². The molecule has 1 heterocycles. The molecule has 0 fully saturated rings. The molecule has 0 unspecified atom stereocenters. The Bertz CT molecular complexity index is 1210. The van der Waals surface area contributed by atoms with Crippen LogP contribution in [0.2, 0.25) is 0 Å². The number of aryl methyl sites for hydroxylation is 2. The van der Waals surface area contributed by atoms with Crippen LogP contribution < -0.4 is 14.8 Å². The molecule has 4 rings (SSSR count). The molecule has 0 saturated carbocycles. The van der Waals surface area contributed by atoms with Crippen LogP contribution in [-0.2, 0) is 4.79 Å². The van der Waals surface area contributed by atoms with Gasteiger partial charge in [0.1, 0.15) is 11.5 Å². The van der Waals surface area contributed by atoms with Crippen LogP contribution in [0.1, 0.15) is 11.1 Å². The van der Waals surface area contributed by atoms with Gasteiger partial charge in [-0.3, -0.25) is 4.79 Å². The number of hydrogen-bond donors (Lipinski definition) is 1. The molecule has 0 saturated heterocycles. The lowest BCUT2D eigenvalue weighted by Crippen LogP contribution is -2.20. The number of nitrogens with one attached hydrogen (secondary N) is 1. The van der Waals surface area contributed by atoms with E-state index in [1.807, 2.05) is 68.4 Å². The molecule has 162 valence electrons. The molecule has 32 heavy (non-hydrogen) atoms. The van der Waals surface area contributed by atoms with E-state index in [1.54, 1.807) is 19.2 Å². The fraction of sp³-hybridized carbons (Fsp3) is 0.160. The number of hydrogen-bond acceptors (Lipinski definition) is 6. The first-order chi connectivity index (χ1) is 15.5. The number of benzene rings is 3. The molecule has 0 aliphatic rings. The SMILES string of the molecule is COc1ccc(C)cc1NC(=O)COc1ccc(-c2nc(-c3ccc(C)cc3)no2)cc1. The van der Waals surface area contributed by atoms with Crippen LogP contribution in [0.5, 0.6) is 11.5 Å². The number of carbonyl (C=O) groups is 1. The molecule has 0 spiro atoms. The number of ether oxygens (including phenoxy) is 2. The van der Waals surface area contributed by atoms with E-state index in [0.29, 0.717) is 28.9 Å². The number of anilines is 1. The van der Waals surface area contributed by atoms with Crippen molar-refractivity contribution in [2.45, 2.75) is 13.8 Å². The highest BCUT2D eigenvalue weighted by atomic mass is 16.5. The summed E-state index contributed by atoms with van der Waals surface area (Å²) in [6.45, 7) is 3.84. The highest BCUT2D eigenvalue weighted by Crippen LogP contribution is 2.26. The Morgan fingerprint density at radius 2 is 1.62 bits per heavy atom. The Morgan fingerprint density at radius 3 is 2.34 bits per heavy atom. The minimum atomic E-state index is -0.280. The Kier molecular flexibility index (Phi) is 6.17. The second kappa shape index (κ2) is 9.34. The summed E-state index contributed by atoms with van der Waals surface area (Å²) >= 11 is 0. The van der Waals surface area contributed by atoms with Crippen molar-refractivity contribution < 1.29 is 18.8 Å². The third-order valence-corrected chi connectivity index (χ3v) is 4.84. The topological polar surface area (TPSA) is 86.5 Å². The fourth-order valence-electron chi connectivity index (χ4n) is 3.11. The van der Waals surface area contributed by atoms with Gasteiger partial charge < -0.3 is 19.3 Å². The van der Waals surface area contributed by atoms with Crippen molar-refractivity contribution in [1.82, 2.24) is 10.1 Å². The van der Waals surface area contributed by atoms with E-state index < -0.39 is 0 Å². The molecule has 7 nitrogen and oxygen atoms in total. The zero-order valence-corrected chi connectivity index (χ0v) is 18.1. The Labute approximate surface area is 186 Å². The highest BCUT2D eigenvalue weighted by Gasteiger charge is 2.12. The quantitative estimate of drug-likeness (QED) is 0.443. The first-order valence-corrected chi connectivity index (χ1v) is 10.1. The van der Waals surface area contributed by atoms with Crippen LogP contribution in [0, 0.1) is 13.8 Å². The predicted octanol–water partition coefficient (Wildman–Crippen LogP) is 5.05. The maximum atomic E-state index is 12.3. The molecule has 0 aliphatic carbocycles. The molecular weight excluding hydrogens is 406 g/mol. The van der Waals surface area contributed by atoms with Gasteiger partial charge in [0, 0.05) is 11.1 Å². The van der Waals surface area contributed by atoms with E-state index in [0.717, 1.165) is 16.7 Å². The van der Waals surface area contributed by atoms with Gasteiger partial charge in [0.15, 0.2) is 6.61 Å². The summed E-state index contributed by atoms with van der Waals surface area (Å²) in [5.74, 6) is 1.81. The average Bonchev–Trinajstić information content (AvgIpc) is 3.29. The molecule has 4 aromatic rings. The van der Waals surface area contributed by atoms with Gasteiger partial charge in [-0.25, -0.2) is 0 Å². The van der Waals surface area contributed by atoms with Crippen molar-refractivity contribution in [3.63, 3.8) is 0 Å². The summed E-state index contributed by atoms with van der Waals surface area (Å²) in [4.78, 5) is 16.7. The molecule has 1 amide bonds. The largest absolute Gasteiger partial charge is 0.495 e. The number of rotatable bonds is 7. The minimum absolute atomic E-state index is 0.130. The monoisotopic (exact) mass is 429 g/mol. The van der Waals surface area contributed by atoms with Crippen LogP contribution in [0.3, 0.4) is 0 Å². The summed E-state index contributed by atoms with van der Waals surface area (Å²) < 4.78 is 16.3. The summed E-state index contributed by atoms with van der Waals surface area (Å²) in [7, 11) is 1.56. The van der Waals surface area contributed by atoms with E-state index >= 15 is 0 Å². The zero-order chi connectivity index (χ0) is 22.5. The van der Waals surface area contributed by atoms with Gasteiger partial charge in [-0.1, -0.05) is 41.1 Å². The van der Waals surface area contributed by atoms with E-state index in [-0.39, 0.29) is 12.5 Å². The van der Waals surface area contributed by atoms with Crippen molar-refractivity contribution in [2.75, 3.05) is 19.0 Å². The van der Waals surface area contributed by atoms with Crippen LogP contribution >= 0.6 is 0 Å². The van der Waals surface area contributed by atoms with E-state index in [4.69, 9.17) is 14.0 Å². The number of aromatic nitrogens is 2. The van der Waals surface area contributed by atoms with Gasteiger partial charge in [-0.05, 0) is 55.8 Å². The molecule has 0 atom stereocenters. The van der Waals surface area contributed by atoms with Crippen molar-refractivity contribution >= 4 is 11.6 Å². The molecular formula is C25H23N3O4. The first-order valence-electron chi connectivity index (χ1n) is 10.1. The maximum Gasteiger partial charge on any atom is 0.262 e. The van der Waals surface area contributed by atoms with Crippen molar-refractivity contribution in [3.05, 3.63) is 77.9 Å². The summed E-state index contributed by atoms with van der Waals surface area (Å²) in [5.41, 5.74) is 4.44. The Hall–Kier alpha value is -4.13. The van der Waals surface area contributed by atoms with Crippen molar-refractivity contribution in [1.29, 1.82) is 0 Å². The van der Waals surface area contributed by atoms with Gasteiger partial charge in [-0.2, -0.15) is 4.98 Å². The first kappa shape index (κ1) is 21.1. The molecule has 0 radical (unpaired) electrons. The smallest absolute Gasteiger partial charge is 0.262 e. The van der Waals surface area contributed by atoms with Crippen molar-refractivity contribution in [2.24, 2.45) is 0 Å². The molecule has 0 aliphatic heterocycles. The summed E-state index contributed by atoms with van der Waals surface area (Å²) in [5, 5.41) is 6.86. The normalized spacial score (nSPS) is 10.6. The highest BCUT2D eigenvalue weighted by molar-refractivity contribution is 5.93. The second-order valence-electron chi connectivity index (χ2n) is 7.35. The number of nitrogens with zero attached hydrogens (tertiary/aromatic N) is 2. The number of carbonyl (C=O) groups excluding carboxylic acids is 1. The summed E-state index contributed by atoms with van der Waals surface area (Å²) in [6.07, 6.45) is 0. The molecule has 3 aromatic carbocycles. The van der Waals surface area contributed by atoms with Gasteiger partial charge in [0.2, 0.25) is 5.82 Å². The van der Waals surface area contributed by atoms with Crippen LogP contribution in [0.15, 0.2) is 71.3 Å². The second-order valence-corrected chi connectivity index (χ2v) is 7.35. The van der Waals surface area contributed by atoms with E-state index in [2.05, 4.69) is 15.5 Å². The Morgan fingerprint density at radius 1 is 0.938 bits per heavy atom. The third-order valence-electron chi connectivity index (χ3n) is 4.84. The lowest BCUT2D eigenvalue weighted by atomic mass is 10.1. The number of methoxy groups -OCH3 is 1. The minimum Gasteiger partial charge on any atom is -0.495 e. The summed E-state index contributed by atoms with van der Waals surface area (Å²) in [6, 6.07) is 20.6. The van der Waals surface area contributed by atoms with E-state index in [9.17, 15) is 4.79 Å². The molecule has 0 bridgehead atoms.